The van der Waals surface area contributed by atoms with Gasteiger partial charge >= 0.3 is 5.69 Å². The van der Waals surface area contributed by atoms with Gasteiger partial charge in [0.05, 0.1) is 25.2 Å². The monoisotopic (exact) mass is 423 g/mol. The van der Waals surface area contributed by atoms with E-state index in [1.807, 2.05) is 0 Å². The fourth-order valence-corrected chi connectivity index (χ4v) is 3.66. The number of benzene rings is 1. The van der Waals surface area contributed by atoms with Crippen LogP contribution in [-0.2, 0) is 0 Å². The van der Waals surface area contributed by atoms with E-state index in [4.69, 9.17) is 38.0 Å². The minimum Gasteiger partial charge on any atom is -0.496 e. The predicted molar refractivity (Wildman–Crippen MR) is 106 cm³/mol. The second-order valence-electron chi connectivity index (χ2n) is 5.36. The number of fused-ring (bicyclic) bond motifs is 1. The number of hydrogen-bond donors (Lipinski definition) is 3. The number of hydrogen-bond acceptors (Lipinski definition) is 7. The number of nitro benzene ring substituents is 1. The summed E-state index contributed by atoms with van der Waals surface area (Å²) in [6, 6.07) is 2.66. The molecule has 28 heavy (non-hydrogen) atoms. The van der Waals surface area contributed by atoms with Crippen molar-refractivity contribution in [2.45, 2.75) is 0 Å². The van der Waals surface area contributed by atoms with Crippen molar-refractivity contribution in [2.75, 3.05) is 14.2 Å². The van der Waals surface area contributed by atoms with Crippen LogP contribution in [-0.4, -0.2) is 40.3 Å². The number of amidine groups is 1. The van der Waals surface area contributed by atoms with Gasteiger partial charge in [-0.3, -0.25) is 19.9 Å². The van der Waals surface area contributed by atoms with Crippen molar-refractivity contribution in [1.82, 2.24) is 9.38 Å². The van der Waals surface area contributed by atoms with Crippen LogP contribution in [0.3, 0.4) is 0 Å². The van der Waals surface area contributed by atoms with E-state index in [0.717, 1.165) is 0 Å². The normalized spacial score (nSPS) is 11.6. The number of nitrogens with one attached hydrogen (secondary N) is 1. The Bertz CT molecular complexity index is 1140. The van der Waals surface area contributed by atoms with Gasteiger partial charge < -0.3 is 20.9 Å². The lowest BCUT2D eigenvalue weighted by Gasteiger charge is -2.11. The molecule has 0 aliphatic rings. The summed E-state index contributed by atoms with van der Waals surface area (Å²) in [7, 11) is 2.69. The lowest BCUT2D eigenvalue weighted by Crippen LogP contribution is -2.21. The summed E-state index contributed by atoms with van der Waals surface area (Å²) in [5, 5.41) is 18.7. The van der Waals surface area contributed by atoms with E-state index in [1.165, 1.54) is 37.7 Å². The molecule has 0 aliphatic carbocycles. The molecule has 3 aromatic rings. The molecule has 0 saturated carbocycles. The first-order chi connectivity index (χ1) is 13.3. The number of nitro groups is 1. The number of aliphatic imine (C=N–C) groups is 1. The maximum Gasteiger partial charge on any atom is 0.314 e. The minimum atomic E-state index is -0.580. The molecule has 0 unspecified atom stereocenters. The highest BCUT2D eigenvalue weighted by Gasteiger charge is 2.26. The molecule has 0 saturated heterocycles. The topological polar surface area (TPSA) is 167 Å². The first-order valence-corrected chi connectivity index (χ1v) is 8.73. The predicted octanol–water partition coefficient (Wildman–Crippen LogP) is 2.24. The van der Waals surface area contributed by atoms with E-state index in [9.17, 15) is 10.1 Å². The SMILES string of the molecule is COc1cc([N+](=O)[O-])c(OC)cc1-c1nc2sc(Cl)cn2c1/C(N)=N/C(=N)N. The van der Waals surface area contributed by atoms with Crippen molar-refractivity contribution in [3.63, 3.8) is 0 Å². The first kappa shape index (κ1) is 19.4. The molecule has 0 bridgehead atoms. The summed E-state index contributed by atoms with van der Waals surface area (Å²) >= 11 is 7.25. The van der Waals surface area contributed by atoms with Gasteiger partial charge in [0, 0.05) is 17.8 Å². The second kappa shape index (κ2) is 7.32. The van der Waals surface area contributed by atoms with Crippen LogP contribution in [0, 0.1) is 15.5 Å². The van der Waals surface area contributed by atoms with Crippen molar-refractivity contribution in [3.05, 3.63) is 38.5 Å². The van der Waals surface area contributed by atoms with Gasteiger partial charge in [0.2, 0.25) is 5.96 Å². The molecule has 146 valence electrons. The Kier molecular flexibility index (Phi) is 5.07. The third-order valence-electron chi connectivity index (χ3n) is 3.73. The van der Waals surface area contributed by atoms with Crippen LogP contribution in [0.4, 0.5) is 5.69 Å². The van der Waals surface area contributed by atoms with E-state index in [-0.39, 0.29) is 23.0 Å². The van der Waals surface area contributed by atoms with Gasteiger partial charge in [-0.1, -0.05) is 22.9 Å². The lowest BCUT2D eigenvalue weighted by molar-refractivity contribution is -0.385. The molecule has 1 aromatic carbocycles. The Hall–Kier alpha value is -3.38. The summed E-state index contributed by atoms with van der Waals surface area (Å²) < 4.78 is 12.5. The van der Waals surface area contributed by atoms with Crippen molar-refractivity contribution in [2.24, 2.45) is 16.5 Å². The number of ether oxygens (including phenoxy) is 2. The first-order valence-electron chi connectivity index (χ1n) is 7.53. The van der Waals surface area contributed by atoms with Crippen LogP contribution in [0.2, 0.25) is 4.34 Å². The molecular formula is C15H14ClN7O4S. The largest absolute Gasteiger partial charge is 0.496 e. The van der Waals surface area contributed by atoms with Gasteiger partial charge in [-0.25, -0.2) is 4.98 Å². The van der Waals surface area contributed by atoms with Crippen LogP contribution < -0.4 is 20.9 Å². The highest BCUT2D eigenvalue weighted by Crippen LogP contribution is 2.41. The van der Waals surface area contributed by atoms with E-state index >= 15 is 0 Å². The molecule has 2 aromatic heterocycles. The molecular weight excluding hydrogens is 410 g/mol. The fourth-order valence-electron chi connectivity index (χ4n) is 2.64. The summed E-state index contributed by atoms with van der Waals surface area (Å²) in [4.78, 5) is 19.5. The molecule has 0 atom stereocenters. The Morgan fingerprint density at radius 3 is 2.61 bits per heavy atom. The van der Waals surface area contributed by atoms with Gasteiger partial charge in [-0.2, -0.15) is 4.99 Å². The van der Waals surface area contributed by atoms with Crippen molar-refractivity contribution in [1.29, 1.82) is 5.41 Å². The number of halogens is 1. The second-order valence-corrected chi connectivity index (χ2v) is 7.00. The summed E-state index contributed by atoms with van der Waals surface area (Å²) in [5.74, 6) is -0.374. The van der Waals surface area contributed by atoms with Gasteiger partial charge in [-0.15, -0.1) is 0 Å². The summed E-state index contributed by atoms with van der Waals surface area (Å²) in [5.41, 5.74) is 12.1. The Balaban J connectivity index is 2.36. The maximum atomic E-state index is 11.3. The molecule has 2 heterocycles. The van der Waals surface area contributed by atoms with Gasteiger partial charge in [-0.05, 0) is 0 Å². The zero-order valence-corrected chi connectivity index (χ0v) is 16.2. The molecule has 0 spiro atoms. The smallest absolute Gasteiger partial charge is 0.314 e. The Morgan fingerprint density at radius 1 is 1.36 bits per heavy atom. The van der Waals surface area contributed by atoms with Crippen molar-refractivity contribution >= 4 is 45.4 Å². The zero-order chi connectivity index (χ0) is 20.6. The van der Waals surface area contributed by atoms with Gasteiger partial charge in [0.1, 0.15) is 21.5 Å². The summed E-state index contributed by atoms with van der Waals surface area (Å²) in [6.07, 6.45) is 1.59. The van der Waals surface area contributed by atoms with E-state index in [0.29, 0.717) is 26.2 Å². The van der Waals surface area contributed by atoms with E-state index < -0.39 is 10.9 Å². The number of thiazole rings is 1. The molecule has 3 rings (SSSR count). The fraction of sp³-hybridized carbons (Fsp3) is 0.133. The number of nitrogens with two attached hydrogens (primary N) is 2. The third kappa shape index (κ3) is 3.30. The van der Waals surface area contributed by atoms with Crippen molar-refractivity contribution in [3.8, 4) is 22.8 Å². The van der Waals surface area contributed by atoms with Crippen LogP contribution >= 0.6 is 22.9 Å². The molecule has 5 N–H and O–H groups in total. The van der Waals surface area contributed by atoms with Gasteiger partial charge in [0.25, 0.3) is 0 Å². The number of nitrogens with zero attached hydrogens (tertiary/aromatic N) is 4. The molecule has 0 radical (unpaired) electrons. The van der Waals surface area contributed by atoms with Crippen molar-refractivity contribution < 1.29 is 14.4 Å². The van der Waals surface area contributed by atoms with Gasteiger partial charge in [0.15, 0.2) is 16.5 Å². The number of imidazole rings is 1. The van der Waals surface area contributed by atoms with Crippen LogP contribution in [0.1, 0.15) is 5.69 Å². The third-order valence-corrected chi connectivity index (χ3v) is 4.83. The zero-order valence-electron chi connectivity index (χ0n) is 14.6. The maximum absolute atomic E-state index is 11.3. The molecule has 11 nitrogen and oxygen atoms in total. The lowest BCUT2D eigenvalue weighted by atomic mass is 10.1. The number of guanidine groups is 1. The summed E-state index contributed by atoms with van der Waals surface area (Å²) in [6.45, 7) is 0. The van der Waals surface area contributed by atoms with E-state index in [2.05, 4.69) is 9.98 Å². The molecule has 13 heteroatoms. The molecule has 0 aliphatic heterocycles. The van der Waals surface area contributed by atoms with Crippen LogP contribution in [0.5, 0.6) is 11.5 Å². The number of rotatable bonds is 5. The Labute approximate surface area is 166 Å². The van der Waals surface area contributed by atoms with Crippen LogP contribution in [0.25, 0.3) is 16.2 Å². The van der Waals surface area contributed by atoms with E-state index in [1.54, 1.807) is 10.6 Å². The highest BCUT2D eigenvalue weighted by molar-refractivity contribution is 7.20. The quantitative estimate of drug-likeness (QED) is 0.244. The molecule has 0 amide bonds. The molecule has 0 fully saturated rings. The number of methoxy groups -OCH3 is 2. The Morgan fingerprint density at radius 2 is 2.04 bits per heavy atom. The standard InChI is InChI=1S/C15H14ClN7O4S/c1-26-8-4-7(23(24)25)9(27-2)3-6(8)11-12(13(17)21-14(18)19)22-5-10(16)28-15(22)20-11/h3-5H,1-2H3,(H5,17,18,19,21). The van der Waals surface area contributed by atoms with Crippen LogP contribution in [0.15, 0.2) is 23.3 Å². The average molecular weight is 424 g/mol. The minimum absolute atomic E-state index is 0.0169. The average Bonchev–Trinajstić information content (AvgIpc) is 3.15. The highest BCUT2D eigenvalue weighted by atomic mass is 35.5. The number of aromatic nitrogens is 2.